The standard InChI is InChI=1S/C18H21ClN4O/c1-13-12-14(19)6-7-15(13)21-18-20-9-8-16(22-18)17(24)23-10-4-2-3-5-11-23/h6-9,12H,2-5,10-11H2,1H3,(H,20,21,22). The Morgan fingerprint density at radius 3 is 2.62 bits per heavy atom. The van der Waals surface area contributed by atoms with E-state index in [9.17, 15) is 4.79 Å². The van der Waals surface area contributed by atoms with E-state index in [0.717, 1.165) is 37.2 Å². The molecule has 1 fully saturated rings. The summed E-state index contributed by atoms with van der Waals surface area (Å²) < 4.78 is 0. The maximum absolute atomic E-state index is 12.7. The van der Waals surface area contributed by atoms with Gasteiger partial charge >= 0.3 is 0 Å². The number of aromatic nitrogens is 2. The predicted molar refractivity (Wildman–Crippen MR) is 95.9 cm³/mol. The summed E-state index contributed by atoms with van der Waals surface area (Å²) in [7, 11) is 0. The average molecular weight is 345 g/mol. The molecule has 0 saturated carbocycles. The van der Waals surface area contributed by atoms with Gasteiger partial charge in [0.25, 0.3) is 5.91 Å². The summed E-state index contributed by atoms with van der Waals surface area (Å²) in [5.41, 5.74) is 2.30. The van der Waals surface area contributed by atoms with E-state index in [0.29, 0.717) is 16.7 Å². The molecule has 0 unspecified atom stereocenters. The van der Waals surface area contributed by atoms with Gasteiger partial charge in [0.05, 0.1) is 0 Å². The number of anilines is 2. The largest absolute Gasteiger partial charge is 0.337 e. The van der Waals surface area contributed by atoms with Crippen LogP contribution in [0, 0.1) is 6.92 Å². The van der Waals surface area contributed by atoms with Crippen LogP contribution in [0.1, 0.15) is 41.7 Å². The number of nitrogens with one attached hydrogen (secondary N) is 1. The molecular weight excluding hydrogens is 324 g/mol. The first-order valence-corrected chi connectivity index (χ1v) is 8.67. The van der Waals surface area contributed by atoms with Crippen molar-refractivity contribution < 1.29 is 4.79 Å². The van der Waals surface area contributed by atoms with Gasteiger partial charge in [0.15, 0.2) is 0 Å². The minimum Gasteiger partial charge on any atom is -0.337 e. The van der Waals surface area contributed by atoms with Crippen molar-refractivity contribution in [3.63, 3.8) is 0 Å². The monoisotopic (exact) mass is 344 g/mol. The Bertz CT molecular complexity index is 727. The maximum atomic E-state index is 12.7. The van der Waals surface area contributed by atoms with E-state index in [2.05, 4.69) is 15.3 Å². The number of halogens is 1. The van der Waals surface area contributed by atoms with Crippen LogP contribution in [0.5, 0.6) is 0 Å². The third kappa shape index (κ3) is 4.03. The third-order valence-corrected chi connectivity index (χ3v) is 4.44. The van der Waals surface area contributed by atoms with Gasteiger partial charge in [0.1, 0.15) is 5.69 Å². The van der Waals surface area contributed by atoms with E-state index in [1.165, 1.54) is 12.8 Å². The van der Waals surface area contributed by atoms with Crippen molar-refractivity contribution in [1.29, 1.82) is 0 Å². The lowest BCUT2D eigenvalue weighted by Gasteiger charge is -2.19. The van der Waals surface area contributed by atoms with Crippen LogP contribution in [-0.2, 0) is 0 Å². The molecular formula is C18H21ClN4O. The summed E-state index contributed by atoms with van der Waals surface area (Å²) in [6, 6.07) is 7.23. The average Bonchev–Trinajstić information content (AvgIpc) is 2.86. The summed E-state index contributed by atoms with van der Waals surface area (Å²) in [6.45, 7) is 3.57. The Balaban J connectivity index is 1.77. The number of hydrogen-bond acceptors (Lipinski definition) is 4. The lowest BCUT2D eigenvalue weighted by atomic mass is 10.2. The van der Waals surface area contributed by atoms with Crippen molar-refractivity contribution in [2.24, 2.45) is 0 Å². The molecule has 1 aliphatic rings. The number of carbonyl (C=O) groups is 1. The molecule has 1 aromatic carbocycles. The van der Waals surface area contributed by atoms with E-state index >= 15 is 0 Å². The Kier molecular flexibility index (Phi) is 5.30. The molecule has 2 heterocycles. The smallest absolute Gasteiger partial charge is 0.272 e. The number of hydrogen-bond donors (Lipinski definition) is 1. The first-order chi connectivity index (χ1) is 11.6. The first-order valence-electron chi connectivity index (χ1n) is 8.29. The second-order valence-corrected chi connectivity index (χ2v) is 6.49. The molecule has 0 bridgehead atoms. The zero-order valence-corrected chi connectivity index (χ0v) is 14.5. The highest BCUT2D eigenvalue weighted by molar-refractivity contribution is 6.30. The van der Waals surface area contributed by atoms with Crippen molar-refractivity contribution in [2.45, 2.75) is 32.6 Å². The molecule has 0 atom stereocenters. The van der Waals surface area contributed by atoms with E-state index in [1.54, 1.807) is 12.3 Å². The Morgan fingerprint density at radius 2 is 1.92 bits per heavy atom. The van der Waals surface area contributed by atoms with Gasteiger partial charge in [-0.15, -0.1) is 0 Å². The van der Waals surface area contributed by atoms with Crippen LogP contribution in [0.2, 0.25) is 5.02 Å². The SMILES string of the molecule is Cc1cc(Cl)ccc1Nc1nccc(C(=O)N2CCCCCC2)n1. The number of carbonyl (C=O) groups excluding carboxylic acids is 1. The van der Waals surface area contributed by atoms with Gasteiger partial charge in [-0.1, -0.05) is 24.4 Å². The van der Waals surface area contributed by atoms with E-state index in [1.807, 2.05) is 30.0 Å². The highest BCUT2D eigenvalue weighted by Gasteiger charge is 2.19. The molecule has 1 amide bonds. The van der Waals surface area contributed by atoms with Crippen LogP contribution in [-0.4, -0.2) is 33.9 Å². The lowest BCUT2D eigenvalue weighted by Crippen LogP contribution is -2.32. The quantitative estimate of drug-likeness (QED) is 0.906. The van der Waals surface area contributed by atoms with E-state index in [-0.39, 0.29) is 5.91 Å². The van der Waals surface area contributed by atoms with Gasteiger partial charge in [0.2, 0.25) is 5.95 Å². The number of amides is 1. The molecule has 5 nitrogen and oxygen atoms in total. The molecule has 1 saturated heterocycles. The first kappa shape index (κ1) is 16.7. The molecule has 126 valence electrons. The van der Waals surface area contributed by atoms with Crippen LogP contribution < -0.4 is 5.32 Å². The summed E-state index contributed by atoms with van der Waals surface area (Å²) in [4.78, 5) is 23.2. The van der Waals surface area contributed by atoms with Crippen LogP contribution in [0.4, 0.5) is 11.6 Å². The summed E-state index contributed by atoms with van der Waals surface area (Å²) in [5, 5.41) is 3.84. The van der Waals surface area contributed by atoms with E-state index in [4.69, 9.17) is 11.6 Å². The predicted octanol–water partition coefficient (Wildman–Crippen LogP) is 4.20. The molecule has 2 aromatic rings. The summed E-state index contributed by atoms with van der Waals surface area (Å²) in [5.74, 6) is 0.399. The molecule has 0 spiro atoms. The van der Waals surface area contributed by atoms with Gasteiger partial charge < -0.3 is 10.2 Å². The molecule has 6 heteroatoms. The highest BCUT2D eigenvalue weighted by Crippen LogP contribution is 2.22. The number of benzene rings is 1. The van der Waals surface area contributed by atoms with Gasteiger partial charge in [-0.2, -0.15) is 0 Å². The molecule has 24 heavy (non-hydrogen) atoms. The highest BCUT2D eigenvalue weighted by atomic mass is 35.5. The minimum absolute atomic E-state index is 0.0184. The lowest BCUT2D eigenvalue weighted by molar-refractivity contribution is 0.0755. The van der Waals surface area contributed by atoms with Crippen molar-refractivity contribution in [3.8, 4) is 0 Å². The fraction of sp³-hybridized carbons (Fsp3) is 0.389. The third-order valence-electron chi connectivity index (χ3n) is 4.20. The number of aryl methyl sites for hydroxylation is 1. The van der Waals surface area contributed by atoms with Gasteiger partial charge in [-0.05, 0) is 49.6 Å². The topological polar surface area (TPSA) is 58.1 Å². The van der Waals surface area contributed by atoms with Crippen LogP contribution in [0.25, 0.3) is 0 Å². The molecule has 0 aliphatic carbocycles. The van der Waals surface area contributed by atoms with Crippen molar-refractivity contribution in [3.05, 3.63) is 46.7 Å². The van der Waals surface area contributed by atoms with Crippen LogP contribution in [0.3, 0.4) is 0 Å². The normalized spacial score (nSPS) is 15.0. The molecule has 1 aliphatic heterocycles. The van der Waals surface area contributed by atoms with E-state index < -0.39 is 0 Å². The fourth-order valence-corrected chi connectivity index (χ4v) is 3.09. The zero-order valence-electron chi connectivity index (χ0n) is 13.8. The molecule has 1 N–H and O–H groups in total. The fourth-order valence-electron chi connectivity index (χ4n) is 2.86. The zero-order chi connectivity index (χ0) is 16.9. The molecule has 1 aromatic heterocycles. The van der Waals surface area contributed by atoms with Gasteiger partial charge in [-0.25, -0.2) is 9.97 Å². The Hall–Kier alpha value is -2.14. The second kappa shape index (κ2) is 7.62. The summed E-state index contributed by atoms with van der Waals surface area (Å²) >= 11 is 5.98. The van der Waals surface area contributed by atoms with Gasteiger partial charge in [0, 0.05) is 30.0 Å². The number of rotatable bonds is 3. The van der Waals surface area contributed by atoms with Crippen molar-refractivity contribution in [1.82, 2.24) is 14.9 Å². The van der Waals surface area contributed by atoms with Gasteiger partial charge in [-0.3, -0.25) is 4.79 Å². The summed E-state index contributed by atoms with van der Waals surface area (Å²) in [6.07, 6.45) is 6.12. The minimum atomic E-state index is -0.0184. The van der Waals surface area contributed by atoms with Crippen molar-refractivity contribution >= 4 is 29.1 Å². The van der Waals surface area contributed by atoms with Crippen molar-refractivity contribution in [2.75, 3.05) is 18.4 Å². The number of nitrogens with zero attached hydrogens (tertiary/aromatic N) is 3. The molecule has 3 rings (SSSR count). The van der Waals surface area contributed by atoms with Crippen LogP contribution >= 0.6 is 11.6 Å². The number of likely N-dealkylation sites (tertiary alicyclic amines) is 1. The second-order valence-electron chi connectivity index (χ2n) is 6.06. The van der Waals surface area contributed by atoms with Crippen LogP contribution in [0.15, 0.2) is 30.5 Å². The Labute approximate surface area is 147 Å². The molecule has 0 radical (unpaired) electrons. The maximum Gasteiger partial charge on any atom is 0.272 e. The Morgan fingerprint density at radius 1 is 1.17 bits per heavy atom.